The Hall–Kier alpha value is -3.93. The monoisotopic (exact) mass is 501 g/mol. The summed E-state index contributed by atoms with van der Waals surface area (Å²) in [5.41, 5.74) is 2.22. The van der Waals surface area contributed by atoms with E-state index in [-0.39, 0.29) is 32.4 Å². The van der Waals surface area contributed by atoms with Gasteiger partial charge in [-0.05, 0) is 41.5 Å². The van der Waals surface area contributed by atoms with Gasteiger partial charge in [0.25, 0.3) is 11.8 Å². The number of benzene rings is 4. The van der Waals surface area contributed by atoms with E-state index in [0.29, 0.717) is 0 Å². The highest BCUT2D eigenvalue weighted by Crippen LogP contribution is 2.37. The van der Waals surface area contributed by atoms with Crippen molar-refractivity contribution in [2.45, 2.75) is 6.10 Å². The molecule has 0 aliphatic carbocycles. The van der Waals surface area contributed by atoms with E-state index in [0.717, 1.165) is 16.0 Å². The Balaban J connectivity index is 1.47. The fraction of sp³-hybridized carbons (Fsp3) is 0.0357. The van der Waals surface area contributed by atoms with Crippen molar-refractivity contribution in [3.63, 3.8) is 0 Å². The van der Waals surface area contributed by atoms with Gasteiger partial charge in [0, 0.05) is 0 Å². The largest absolute Gasteiger partial charge is 0.449 e. The molecule has 0 radical (unpaired) electrons. The maximum Gasteiger partial charge on any atom is 0.339 e. The molecule has 1 heterocycles. The fourth-order valence-corrected chi connectivity index (χ4v) is 4.39. The molecule has 0 bridgehead atoms. The molecule has 0 unspecified atom stereocenters. The number of esters is 1. The maximum absolute atomic E-state index is 13.2. The van der Waals surface area contributed by atoms with Crippen LogP contribution in [-0.4, -0.2) is 17.8 Å². The lowest BCUT2D eigenvalue weighted by Crippen LogP contribution is -2.29. The smallest absolute Gasteiger partial charge is 0.339 e. The van der Waals surface area contributed by atoms with Gasteiger partial charge in [-0.1, -0.05) is 89.9 Å². The highest BCUT2D eigenvalue weighted by atomic mass is 35.5. The average Bonchev–Trinajstić information content (AvgIpc) is 3.14. The quantitative estimate of drug-likeness (QED) is 0.224. The number of rotatable bonds is 5. The third kappa shape index (κ3) is 4.20. The number of anilines is 1. The summed E-state index contributed by atoms with van der Waals surface area (Å²) in [6.45, 7) is 0. The van der Waals surface area contributed by atoms with Crippen LogP contribution in [0.1, 0.15) is 48.3 Å². The van der Waals surface area contributed by atoms with E-state index in [1.54, 1.807) is 12.1 Å². The first-order chi connectivity index (χ1) is 17.0. The van der Waals surface area contributed by atoms with Crippen LogP contribution < -0.4 is 4.90 Å². The first-order valence-electron chi connectivity index (χ1n) is 10.7. The highest BCUT2D eigenvalue weighted by molar-refractivity contribution is 6.46. The summed E-state index contributed by atoms with van der Waals surface area (Å²) < 4.78 is 5.89. The molecule has 1 aliphatic heterocycles. The minimum absolute atomic E-state index is 0.0939. The minimum atomic E-state index is -0.641. The van der Waals surface area contributed by atoms with Crippen LogP contribution in [0, 0.1) is 0 Å². The van der Waals surface area contributed by atoms with Crippen LogP contribution in [-0.2, 0) is 4.74 Å². The van der Waals surface area contributed by atoms with Crippen LogP contribution in [0.5, 0.6) is 0 Å². The zero-order chi connectivity index (χ0) is 24.5. The Morgan fingerprint density at radius 1 is 0.714 bits per heavy atom. The van der Waals surface area contributed by atoms with E-state index in [9.17, 15) is 14.4 Å². The Bertz CT molecular complexity index is 1420. The summed E-state index contributed by atoms with van der Waals surface area (Å²) in [7, 11) is 0. The summed E-state index contributed by atoms with van der Waals surface area (Å²) >= 11 is 12.3. The lowest BCUT2D eigenvalue weighted by Gasteiger charge is -2.19. The zero-order valence-corrected chi connectivity index (χ0v) is 19.7. The molecule has 0 fully saturated rings. The number of halogens is 2. The van der Waals surface area contributed by atoms with Crippen molar-refractivity contribution in [3.8, 4) is 0 Å². The zero-order valence-electron chi connectivity index (χ0n) is 18.2. The van der Waals surface area contributed by atoms with Crippen molar-refractivity contribution in [1.29, 1.82) is 0 Å². The van der Waals surface area contributed by atoms with E-state index in [4.69, 9.17) is 27.9 Å². The molecule has 0 N–H and O–H groups in total. The predicted molar refractivity (Wildman–Crippen MR) is 134 cm³/mol. The molecule has 7 heteroatoms. The van der Waals surface area contributed by atoms with E-state index in [1.165, 1.54) is 24.3 Å². The van der Waals surface area contributed by atoms with Gasteiger partial charge in [0.1, 0.15) is 0 Å². The summed E-state index contributed by atoms with van der Waals surface area (Å²) in [5, 5.41) is 0.315. The molecule has 4 aromatic rings. The number of imide groups is 1. The van der Waals surface area contributed by atoms with Gasteiger partial charge in [0.05, 0.1) is 32.4 Å². The van der Waals surface area contributed by atoms with Gasteiger partial charge in [0.15, 0.2) is 6.10 Å². The van der Waals surface area contributed by atoms with Crippen molar-refractivity contribution in [1.82, 2.24) is 0 Å². The first kappa shape index (κ1) is 22.8. The molecule has 4 aromatic carbocycles. The number of hydrogen-bond acceptors (Lipinski definition) is 4. The Morgan fingerprint density at radius 3 is 1.94 bits per heavy atom. The van der Waals surface area contributed by atoms with Gasteiger partial charge < -0.3 is 4.74 Å². The molecule has 0 aromatic heterocycles. The van der Waals surface area contributed by atoms with E-state index in [2.05, 4.69) is 0 Å². The van der Waals surface area contributed by atoms with Gasteiger partial charge in [-0.15, -0.1) is 0 Å². The van der Waals surface area contributed by atoms with Crippen molar-refractivity contribution >= 4 is 46.7 Å². The molecule has 2 amide bonds. The second-order valence-corrected chi connectivity index (χ2v) is 8.67. The molecule has 0 atom stereocenters. The number of nitrogens with zero attached hydrogens (tertiary/aromatic N) is 1. The topological polar surface area (TPSA) is 63.7 Å². The van der Waals surface area contributed by atoms with Gasteiger partial charge >= 0.3 is 5.97 Å². The lowest BCUT2D eigenvalue weighted by atomic mass is 10.0. The number of hydrogen-bond donors (Lipinski definition) is 0. The van der Waals surface area contributed by atoms with Crippen LogP contribution in [0.15, 0.2) is 97.1 Å². The third-order valence-corrected chi connectivity index (χ3v) is 6.53. The highest BCUT2D eigenvalue weighted by Gasteiger charge is 2.38. The molecule has 1 aliphatic rings. The number of carbonyl (C=O) groups excluding carboxylic acids is 3. The van der Waals surface area contributed by atoms with E-state index in [1.807, 2.05) is 60.7 Å². The molecule has 0 saturated carbocycles. The molecule has 0 saturated heterocycles. The molecular formula is C28H17Cl2NO4. The second-order valence-electron chi connectivity index (χ2n) is 7.89. The summed E-state index contributed by atoms with van der Waals surface area (Å²) in [4.78, 5) is 40.3. The van der Waals surface area contributed by atoms with Crippen molar-refractivity contribution in [2.75, 3.05) is 4.90 Å². The van der Waals surface area contributed by atoms with Crippen LogP contribution in [0.4, 0.5) is 5.69 Å². The van der Waals surface area contributed by atoms with Crippen molar-refractivity contribution in [3.05, 3.63) is 135 Å². The fourth-order valence-electron chi connectivity index (χ4n) is 4.01. The summed E-state index contributed by atoms with van der Waals surface area (Å²) in [6.07, 6.45) is -0.641. The molecule has 0 spiro atoms. The van der Waals surface area contributed by atoms with Crippen LogP contribution in [0.3, 0.4) is 0 Å². The molecule has 172 valence electrons. The molecular weight excluding hydrogens is 485 g/mol. The van der Waals surface area contributed by atoms with Gasteiger partial charge in [-0.3, -0.25) is 9.59 Å². The van der Waals surface area contributed by atoms with Gasteiger partial charge in [-0.2, -0.15) is 0 Å². The van der Waals surface area contributed by atoms with E-state index < -0.39 is 23.9 Å². The Kier molecular flexibility index (Phi) is 6.12. The third-order valence-electron chi connectivity index (χ3n) is 5.72. The summed E-state index contributed by atoms with van der Waals surface area (Å²) in [6, 6.07) is 27.8. The average molecular weight is 502 g/mol. The lowest BCUT2D eigenvalue weighted by molar-refractivity contribution is 0.0378. The number of carbonyl (C=O) groups is 3. The van der Waals surface area contributed by atoms with Gasteiger partial charge in [-0.25, -0.2) is 9.69 Å². The maximum atomic E-state index is 13.2. The first-order valence-corrected chi connectivity index (χ1v) is 11.5. The normalized spacial score (nSPS) is 12.7. The second kappa shape index (κ2) is 9.37. The van der Waals surface area contributed by atoms with E-state index >= 15 is 0 Å². The standard InChI is InChI=1S/C28H17Cl2NO4/c29-22-12-7-13-23(24(22)30)31-26(32)20-15-14-19(16-21(20)27(31)33)28(34)35-25(17-8-3-1-4-9-17)18-10-5-2-6-11-18/h1-16,25H. The van der Waals surface area contributed by atoms with Crippen molar-refractivity contribution in [2.24, 2.45) is 0 Å². The molecule has 5 nitrogen and oxygen atoms in total. The Labute approximate surface area is 211 Å². The van der Waals surface area contributed by atoms with Crippen molar-refractivity contribution < 1.29 is 19.1 Å². The Morgan fingerprint density at radius 2 is 1.31 bits per heavy atom. The number of ether oxygens (including phenoxy) is 1. The molecule has 5 rings (SSSR count). The summed E-state index contributed by atoms with van der Waals surface area (Å²) in [5.74, 6) is -1.75. The predicted octanol–water partition coefficient (Wildman–Crippen LogP) is 6.74. The number of fused-ring (bicyclic) bond motifs is 1. The number of amides is 2. The van der Waals surface area contributed by atoms with Crippen LogP contribution >= 0.6 is 23.2 Å². The van der Waals surface area contributed by atoms with Gasteiger partial charge in [0.2, 0.25) is 0 Å². The van der Waals surface area contributed by atoms with Crippen LogP contribution in [0.2, 0.25) is 10.0 Å². The SMILES string of the molecule is O=C(OC(c1ccccc1)c1ccccc1)c1ccc2c(c1)C(=O)N(c1cccc(Cl)c1Cl)C2=O. The molecule has 35 heavy (non-hydrogen) atoms. The van der Waals surface area contributed by atoms with Crippen LogP contribution in [0.25, 0.3) is 0 Å². The minimum Gasteiger partial charge on any atom is -0.449 e.